The van der Waals surface area contributed by atoms with Gasteiger partial charge in [0.25, 0.3) is 5.91 Å². The molecule has 2 aliphatic carbocycles. The number of aliphatic carboxylic acids is 1. The second-order valence-corrected chi connectivity index (χ2v) is 19.0. The fraction of sp³-hybridized carbons (Fsp3) is 0.396. The van der Waals surface area contributed by atoms with Crippen LogP contribution < -0.4 is 9.64 Å². The molecule has 3 heterocycles. The quantitative estimate of drug-likeness (QED) is 0.0459. The van der Waals surface area contributed by atoms with Gasteiger partial charge in [0.05, 0.1) is 30.7 Å². The van der Waals surface area contributed by atoms with Crippen LogP contribution in [0, 0.1) is 5.92 Å². The Balaban J connectivity index is 1.22. The zero-order chi connectivity index (χ0) is 50.4. The standard InChI is InChI=1S/C53H57N3O15/c57-26-30-8-12-31(13-9-30)38(59)16-14-32-24-52(50(67)68)46(45(32)51(18-4-1-5-19-51)36-6-2-3-7-40(36)61)35-22-41(62)42(70-53(69)49(66)48(65)47(64)43(27-58)71-53)23-37(35)56(52)44(63)17-11-29-10-15-39(60)33(20-29)21-34-25-54-28-55-34/h2-3,6-13,15,17,20,22-25,38,43,45-49,57-62,64-66,69H,1,4-5,14,16,18-19,21,26-28H2,(H,67,68)/b17-11+/t38-,43+,45+,46-,47+,48-,49+,52+,53-/m0/s1. The second kappa shape index (κ2) is 19.6. The molecule has 9 atom stereocenters. The molecule has 1 amide bonds. The molecule has 18 heteroatoms. The SMILES string of the molecule is O=C(/C=C/c1ccc(O)c(CC2=NCN=C2)c1)N1c2cc(O[C@]3(O)O[C@H](CO)[C@@H](O)[C@H](O)[C@H]3O)c(O)cc2[C@H]2[C@H](C3(c4ccccc4O)CCCCC3)C(CC[C@H](O)c3ccc(CO)cc3)=C[C@]21C(=O)O. The Morgan fingerprint density at radius 2 is 1.63 bits per heavy atom. The number of aliphatic imine (C=N–C) groups is 2. The van der Waals surface area contributed by atoms with Crippen molar-refractivity contribution in [3.8, 4) is 23.0 Å². The number of ether oxygens (including phenoxy) is 2. The molecular formula is C53H57N3O15. The van der Waals surface area contributed by atoms with Crippen LogP contribution in [0.25, 0.3) is 6.08 Å². The Labute approximate surface area is 408 Å². The van der Waals surface area contributed by atoms with E-state index in [0.29, 0.717) is 64.8 Å². The average Bonchev–Trinajstić information content (AvgIpc) is 4.08. The lowest BCUT2D eigenvalue weighted by molar-refractivity contribution is -0.422. The van der Waals surface area contributed by atoms with E-state index in [4.69, 9.17) is 9.47 Å². The number of carboxylic acid groups (broad SMARTS) is 1. The number of allylic oxidation sites excluding steroid dienone is 1. The van der Waals surface area contributed by atoms with Crippen LogP contribution in [-0.4, -0.2) is 129 Å². The minimum Gasteiger partial charge on any atom is -0.508 e. The first-order valence-corrected chi connectivity index (χ1v) is 23.6. The number of rotatable bonds is 15. The van der Waals surface area contributed by atoms with E-state index < -0.39 is 89.3 Å². The molecule has 11 N–H and O–H groups in total. The van der Waals surface area contributed by atoms with Crippen molar-refractivity contribution in [2.24, 2.45) is 15.9 Å². The van der Waals surface area contributed by atoms with Gasteiger partial charge in [0.2, 0.25) is 0 Å². The van der Waals surface area contributed by atoms with Crippen molar-refractivity contribution in [1.29, 1.82) is 0 Å². The third-order valence-electron chi connectivity index (χ3n) is 14.9. The van der Waals surface area contributed by atoms with Crippen molar-refractivity contribution in [3.05, 3.63) is 130 Å². The van der Waals surface area contributed by atoms with Crippen molar-refractivity contribution in [1.82, 2.24) is 0 Å². The van der Waals surface area contributed by atoms with E-state index in [2.05, 4.69) is 9.98 Å². The number of nitrogens with zero attached hydrogens (tertiary/aromatic N) is 3. The molecule has 0 bridgehead atoms. The number of carboxylic acids is 1. The number of anilines is 1. The highest BCUT2D eigenvalue weighted by molar-refractivity contribution is 6.32. The molecule has 0 spiro atoms. The summed E-state index contributed by atoms with van der Waals surface area (Å²) in [5.74, 6) is -8.90. The summed E-state index contributed by atoms with van der Waals surface area (Å²) < 4.78 is 11.1. The zero-order valence-electron chi connectivity index (χ0n) is 38.5. The molecule has 71 heavy (non-hydrogen) atoms. The van der Waals surface area contributed by atoms with Crippen molar-refractivity contribution >= 4 is 35.6 Å². The fourth-order valence-electron chi connectivity index (χ4n) is 11.6. The number of benzene rings is 4. The van der Waals surface area contributed by atoms with Crippen LogP contribution in [-0.2, 0) is 32.8 Å². The number of carbonyl (C=O) groups excluding carboxylic acids is 1. The molecule has 9 rings (SSSR count). The molecule has 0 unspecified atom stereocenters. The summed E-state index contributed by atoms with van der Waals surface area (Å²) in [6, 6.07) is 20.7. The van der Waals surface area contributed by atoms with Crippen LogP contribution >= 0.6 is 0 Å². The Bertz CT molecular complexity index is 2800. The maximum atomic E-state index is 15.3. The number of fused-ring (bicyclic) bond motifs is 3. The number of hydrogen-bond acceptors (Lipinski definition) is 16. The molecule has 3 aliphatic heterocycles. The van der Waals surface area contributed by atoms with Gasteiger partial charge in [-0.15, -0.1) is 0 Å². The lowest BCUT2D eigenvalue weighted by atomic mass is 9.55. The number of carbonyl (C=O) groups is 2. The van der Waals surface area contributed by atoms with Crippen molar-refractivity contribution in [2.75, 3.05) is 18.2 Å². The van der Waals surface area contributed by atoms with Gasteiger partial charge in [-0.25, -0.2) is 4.79 Å². The van der Waals surface area contributed by atoms with Crippen LogP contribution in [0.5, 0.6) is 23.0 Å². The molecule has 18 nitrogen and oxygen atoms in total. The third kappa shape index (κ3) is 8.77. The van der Waals surface area contributed by atoms with E-state index in [0.717, 1.165) is 17.4 Å². The third-order valence-corrected chi connectivity index (χ3v) is 14.9. The molecule has 2 fully saturated rings. The number of phenolic OH excluding ortho intramolecular Hbond substituents is 3. The summed E-state index contributed by atoms with van der Waals surface area (Å²) in [7, 11) is 0. The van der Waals surface area contributed by atoms with Gasteiger partial charge in [-0.2, -0.15) is 0 Å². The average molecular weight is 976 g/mol. The maximum Gasteiger partial charge on any atom is 0.355 e. The summed E-state index contributed by atoms with van der Waals surface area (Å²) in [5.41, 5.74) is 0.788. The molecular weight excluding hydrogens is 919 g/mol. The highest BCUT2D eigenvalue weighted by atomic mass is 16.8. The minimum absolute atomic E-state index is 0.0143. The Morgan fingerprint density at radius 1 is 0.887 bits per heavy atom. The van der Waals surface area contributed by atoms with Crippen LogP contribution in [0.1, 0.15) is 90.3 Å². The summed E-state index contributed by atoms with van der Waals surface area (Å²) >= 11 is 0. The first kappa shape index (κ1) is 49.5. The van der Waals surface area contributed by atoms with E-state index in [1.54, 1.807) is 66.9 Å². The second-order valence-electron chi connectivity index (χ2n) is 19.0. The lowest BCUT2D eigenvalue weighted by Gasteiger charge is -2.48. The van der Waals surface area contributed by atoms with Crippen LogP contribution in [0.3, 0.4) is 0 Å². The van der Waals surface area contributed by atoms with Gasteiger partial charge >= 0.3 is 11.9 Å². The molecule has 4 aromatic rings. The fourth-order valence-corrected chi connectivity index (χ4v) is 11.6. The summed E-state index contributed by atoms with van der Waals surface area (Å²) in [4.78, 5) is 39.4. The summed E-state index contributed by atoms with van der Waals surface area (Å²) in [5, 5.41) is 121. The number of aliphatic hydroxyl groups excluding tert-OH is 6. The predicted octanol–water partition coefficient (Wildman–Crippen LogP) is 3.76. The van der Waals surface area contributed by atoms with E-state index in [1.165, 1.54) is 24.3 Å². The molecule has 5 aliphatic rings. The van der Waals surface area contributed by atoms with E-state index in [1.807, 2.05) is 6.07 Å². The normalized spacial score (nSPS) is 28.1. The molecule has 374 valence electrons. The lowest BCUT2D eigenvalue weighted by Crippen LogP contribution is -2.67. The van der Waals surface area contributed by atoms with E-state index >= 15 is 4.79 Å². The van der Waals surface area contributed by atoms with Crippen molar-refractivity contribution in [2.45, 2.75) is 111 Å². The molecule has 4 aromatic carbocycles. The van der Waals surface area contributed by atoms with Gasteiger partial charge < -0.3 is 65.6 Å². The number of para-hydroxylation sites is 1. The Kier molecular flexibility index (Phi) is 13.7. The monoisotopic (exact) mass is 975 g/mol. The van der Waals surface area contributed by atoms with Gasteiger partial charge in [0, 0.05) is 47.2 Å². The highest BCUT2D eigenvalue weighted by Crippen LogP contribution is 2.67. The van der Waals surface area contributed by atoms with Crippen LogP contribution in [0.2, 0.25) is 0 Å². The van der Waals surface area contributed by atoms with Crippen molar-refractivity contribution < 1.29 is 75.2 Å². The number of hydrogen-bond donors (Lipinski definition) is 11. The first-order chi connectivity index (χ1) is 34.0. The zero-order valence-corrected chi connectivity index (χ0v) is 38.5. The van der Waals surface area contributed by atoms with Crippen molar-refractivity contribution in [3.63, 3.8) is 0 Å². The molecule has 0 aromatic heterocycles. The molecule has 0 radical (unpaired) electrons. The number of aliphatic hydroxyl groups is 7. The first-order valence-electron chi connectivity index (χ1n) is 23.6. The van der Waals surface area contributed by atoms with E-state index in [-0.39, 0.29) is 55.3 Å². The van der Waals surface area contributed by atoms with Gasteiger partial charge in [-0.1, -0.05) is 73.4 Å². The number of phenols is 3. The Morgan fingerprint density at radius 3 is 2.31 bits per heavy atom. The van der Waals surface area contributed by atoms with Crippen LogP contribution in [0.4, 0.5) is 5.69 Å². The Hall–Kier alpha value is -6.48. The van der Waals surface area contributed by atoms with Crippen LogP contribution in [0.15, 0.2) is 107 Å². The molecule has 1 saturated carbocycles. The van der Waals surface area contributed by atoms with Gasteiger partial charge in [-0.05, 0) is 90.3 Å². The summed E-state index contributed by atoms with van der Waals surface area (Å²) in [6.07, 6.45) is 0.435. The van der Waals surface area contributed by atoms with E-state index in [9.17, 15) is 61.0 Å². The van der Waals surface area contributed by atoms with Gasteiger partial charge in [0.1, 0.15) is 36.5 Å². The highest BCUT2D eigenvalue weighted by Gasteiger charge is 2.68. The minimum atomic E-state index is -3.20. The number of aromatic hydroxyl groups is 3. The number of amides is 1. The predicted molar refractivity (Wildman–Crippen MR) is 257 cm³/mol. The smallest absolute Gasteiger partial charge is 0.355 e. The van der Waals surface area contributed by atoms with Gasteiger partial charge in [0.15, 0.2) is 23.1 Å². The molecule has 1 saturated heterocycles. The largest absolute Gasteiger partial charge is 0.508 e. The topological polar surface area (TPSA) is 303 Å². The maximum absolute atomic E-state index is 15.3. The summed E-state index contributed by atoms with van der Waals surface area (Å²) in [6.45, 7) is -0.857. The van der Waals surface area contributed by atoms with Gasteiger partial charge in [-0.3, -0.25) is 19.7 Å².